The predicted molar refractivity (Wildman–Crippen MR) is 102 cm³/mol. The molecule has 0 saturated carbocycles. The van der Waals surface area contributed by atoms with E-state index < -0.39 is 35.4 Å². The summed E-state index contributed by atoms with van der Waals surface area (Å²) in [6.07, 6.45) is 2.32. The van der Waals surface area contributed by atoms with Gasteiger partial charge >= 0.3 is 13.1 Å². The highest BCUT2D eigenvalue weighted by Crippen LogP contribution is 2.37. The Morgan fingerprint density at radius 2 is 2.18 bits per heavy atom. The third-order valence-electron chi connectivity index (χ3n) is 5.39. The number of rotatable bonds is 8. The van der Waals surface area contributed by atoms with E-state index in [0.717, 1.165) is 0 Å². The number of aromatic amines is 1. The maximum atomic E-state index is 12.3. The molecule has 1 fully saturated rings. The highest BCUT2D eigenvalue weighted by molar-refractivity contribution is 6.40. The molecule has 2 atom stereocenters. The fourth-order valence-electron chi connectivity index (χ4n) is 3.77. The van der Waals surface area contributed by atoms with Gasteiger partial charge in [0.15, 0.2) is 0 Å². The highest BCUT2D eigenvalue weighted by Gasteiger charge is 2.51. The lowest BCUT2D eigenvalue weighted by Gasteiger charge is -2.28. The van der Waals surface area contributed by atoms with Crippen molar-refractivity contribution in [3.63, 3.8) is 0 Å². The molecule has 12 heteroatoms. The number of anilines is 3. The second-order valence-electron chi connectivity index (χ2n) is 7.19. The van der Waals surface area contributed by atoms with Gasteiger partial charge < -0.3 is 30.7 Å². The molecule has 0 radical (unpaired) electrons. The largest absolute Gasteiger partial charge is 0.480 e. The van der Waals surface area contributed by atoms with Crippen molar-refractivity contribution >= 4 is 30.3 Å². The molecular weight excluding hydrogens is 369 g/mol. The number of carbonyl (C=O) groups is 1. The average molecular weight is 391 g/mol. The molecule has 3 rings (SSSR count). The van der Waals surface area contributed by atoms with E-state index in [9.17, 15) is 19.5 Å². The first-order valence-electron chi connectivity index (χ1n) is 8.86. The minimum Gasteiger partial charge on any atom is -0.480 e. The van der Waals surface area contributed by atoms with Gasteiger partial charge in [0.1, 0.15) is 22.7 Å². The van der Waals surface area contributed by atoms with Crippen LogP contribution in [0, 0.1) is 5.92 Å². The Bertz CT molecular complexity index is 925. The van der Waals surface area contributed by atoms with Crippen LogP contribution in [0.5, 0.6) is 0 Å². The Labute approximate surface area is 160 Å². The van der Waals surface area contributed by atoms with Gasteiger partial charge in [0, 0.05) is 32.1 Å². The summed E-state index contributed by atoms with van der Waals surface area (Å²) in [5.74, 6) is -1.21. The van der Waals surface area contributed by atoms with E-state index in [1.54, 1.807) is 18.0 Å². The molecule has 11 nitrogen and oxygen atoms in total. The van der Waals surface area contributed by atoms with Crippen LogP contribution >= 0.6 is 0 Å². The third-order valence-corrected chi connectivity index (χ3v) is 5.39. The molecule has 0 bridgehead atoms. The maximum absolute atomic E-state index is 12.3. The first-order chi connectivity index (χ1) is 13.2. The smallest absolute Gasteiger partial charge is 0.451 e. The van der Waals surface area contributed by atoms with Crippen molar-refractivity contribution in [3.8, 4) is 0 Å². The Balaban J connectivity index is 1.87. The number of nitrogens with two attached hydrogens (primary N) is 1. The van der Waals surface area contributed by atoms with E-state index in [-0.39, 0.29) is 30.8 Å². The fourth-order valence-corrected chi connectivity index (χ4v) is 3.77. The summed E-state index contributed by atoms with van der Waals surface area (Å²) in [6, 6.07) is 1.64. The number of carboxylic acid groups (broad SMARTS) is 1. The van der Waals surface area contributed by atoms with Crippen LogP contribution < -0.4 is 26.4 Å². The van der Waals surface area contributed by atoms with E-state index in [0.29, 0.717) is 18.7 Å². The quantitative estimate of drug-likeness (QED) is 0.256. The minimum atomic E-state index is -1.61. The monoisotopic (exact) mass is 391 g/mol. The van der Waals surface area contributed by atoms with Crippen LogP contribution in [0.2, 0.25) is 6.32 Å². The van der Waals surface area contributed by atoms with Crippen molar-refractivity contribution in [3.05, 3.63) is 32.7 Å². The molecule has 1 aliphatic rings. The van der Waals surface area contributed by atoms with E-state index >= 15 is 0 Å². The lowest BCUT2D eigenvalue weighted by molar-refractivity contribution is -0.144. The van der Waals surface area contributed by atoms with Gasteiger partial charge in [-0.3, -0.25) is 19.5 Å². The molecule has 2 aromatic rings. The maximum Gasteiger partial charge on any atom is 0.451 e. The number of aliphatic carboxylic acids is 1. The molecular formula is C16H22BN5O6. The molecule has 0 spiro atoms. The zero-order valence-electron chi connectivity index (χ0n) is 15.3. The average Bonchev–Trinajstić information content (AvgIpc) is 3.27. The molecule has 0 amide bonds. The third kappa shape index (κ3) is 3.30. The number of nitrogens with zero attached hydrogens (tertiary/aromatic N) is 3. The summed E-state index contributed by atoms with van der Waals surface area (Å²) in [4.78, 5) is 39.3. The van der Waals surface area contributed by atoms with E-state index in [2.05, 4.69) is 10.2 Å². The summed E-state index contributed by atoms with van der Waals surface area (Å²) in [6.45, 7) is 0.0579. The van der Waals surface area contributed by atoms with E-state index in [1.165, 1.54) is 11.1 Å². The summed E-state index contributed by atoms with van der Waals surface area (Å²) in [7, 11) is 0.133. The van der Waals surface area contributed by atoms with Crippen LogP contribution in [-0.2, 0) is 4.79 Å². The Morgan fingerprint density at radius 3 is 2.75 bits per heavy atom. The topological polar surface area (TPSA) is 173 Å². The van der Waals surface area contributed by atoms with Gasteiger partial charge in [0.25, 0.3) is 10.9 Å². The molecule has 6 N–H and O–H groups in total. The van der Waals surface area contributed by atoms with Gasteiger partial charge in [-0.2, -0.15) is 5.10 Å². The molecule has 1 aromatic heterocycles. The second-order valence-corrected chi connectivity index (χ2v) is 7.19. The first-order valence-corrected chi connectivity index (χ1v) is 8.86. The number of hydrogen-bond acceptors (Lipinski definition) is 9. The summed E-state index contributed by atoms with van der Waals surface area (Å²) in [5, 5.41) is 34.2. The Hall–Kier alpha value is -2.70. The molecule has 150 valence electrons. The number of hydrogen-bond donors (Lipinski definition) is 5. The number of nitrogens with one attached hydrogen (secondary N) is 1. The zero-order chi connectivity index (χ0) is 20.6. The molecule has 28 heavy (non-hydrogen) atoms. The molecule has 1 aromatic carbocycles. The lowest BCUT2D eigenvalue weighted by Crippen LogP contribution is -2.55. The van der Waals surface area contributed by atoms with Gasteiger partial charge in [-0.1, -0.05) is 6.42 Å². The minimum absolute atomic E-state index is 0.0973. The van der Waals surface area contributed by atoms with Crippen molar-refractivity contribution in [1.29, 1.82) is 0 Å². The van der Waals surface area contributed by atoms with Gasteiger partial charge in [-0.15, -0.1) is 0 Å². The summed E-state index contributed by atoms with van der Waals surface area (Å²) < 4.78 is 0. The van der Waals surface area contributed by atoms with Crippen molar-refractivity contribution < 1.29 is 19.9 Å². The fraction of sp³-hybridized carbons (Fsp3) is 0.500. The van der Waals surface area contributed by atoms with Crippen LogP contribution in [0.15, 0.2) is 21.9 Å². The van der Waals surface area contributed by atoms with Crippen LogP contribution in [0.25, 0.3) is 0 Å². The van der Waals surface area contributed by atoms with E-state index in [1.807, 2.05) is 0 Å². The standard InChI is InChI=1S/C16H22BN5O6/c1-21(10-4-6-19-20-10)11-12(14(24)13(11)23)22-7-9(3-2-5-17(27)28)16(18,8-22)15(25)26/h4,6,9,27-28H,2-3,5,7-8,18H2,1H3,(H,19,20)(H,25,26)/t9-,16-/m0/s1. The molecule has 0 aliphatic carbocycles. The van der Waals surface area contributed by atoms with Gasteiger partial charge in [-0.05, 0) is 12.7 Å². The SMILES string of the molecule is CN(c1ccn[nH]1)c1c(N2C[C@H](CCCB(O)O)[C@](N)(C(=O)O)C2)c(=O)c1=O. The molecule has 2 heterocycles. The summed E-state index contributed by atoms with van der Waals surface area (Å²) >= 11 is 0. The van der Waals surface area contributed by atoms with Crippen LogP contribution in [0.4, 0.5) is 17.2 Å². The predicted octanol–water partition coefficient (Wildman–Crippen LogP) is -1.76. The molecule has 1 saturated heterocycles. The Kier molecular flexibility index (Phi) is 5.28. The second kappa shape index (κ2) is 7.38. The normalized spacial score (nSPS) is 22.0. The van der Waals surface area contributed by atoms with Crippen LogP contribution in [0.1, 0.15) is 12.8 Å². The number of aromatic nitrogens is 2. The number of carboxylic acids is 1. The van der Waals surface area contributed by atoms with Crippen molar-refractivity contribution in [2.24, 2.45) is 11.7 Å². The molecule has 0 unspecified atom stereocenters. The highest BCUT2D eigenvalue weighted by atomic mass is 16.4. The lowest BCUT2D eigenvalue weighted by atomic mass is 9.78. The van der Waals surface area contributed by atoms with Crippen molar-refractivity contribution in [2.75, 3.05) is 29.9 Å². The first kappa shape index (κ1) is 20.0. The van der Waals surface area contributed by atoms with Crippen molar-refractivity contribution in [2.45, 2.75) is 24.7 Å². The van der Waals surface area contributed by atoms with Crippen LogP contribution in [-0.4, -0.2) is 64.1 Å². The molecule has 1 aliphatic heterocycles. The number of H-pyrrole nitrogens is 1. The van der Waals surface area contributed by atoms with Crippen LogP contribution in [0.3, 0.4) is 0 Å². The van der Waals surface area contributed by atoms with Gasteiger partial charge in [-0.25, -0.2) is 0 Å². The zero-order valence-corrected chi connectivity index (χ0v) is 15.3. The van der Waals surface area contributed by atoms with E-state index in [4.69, 9.17) is 15.8 Å². The summed E-state index contributed by atoms with van der Waals surface area (Å²) in [5.41, 5.74) is 3.51. The van der Waals surface area contributed by atoms with Gasteiger partial charge in [0.05, 0.1) is 6.20 Å². The van der Waals surface area contributed by atoms with Gasteiger partial charge in [0.2, 0.25) is 0 Å². The Morgan fingerprint density at radius 1 is 1.46 bits per heavy atom. The van der Waals surface area contributed by atoms with Crippen molar-refractivity contribution in [1.82, 2.24) is 10.2 Å².